The molecule has 1 unspecified atom stereocenters. The molecule has 2 aliphatic rings. The zero-order chi connectivity index (χ0) is 22.1. The van der Waals surface area contributed by atoms with Crippen molar-refractivity contribution in [3.05, 3.63) is 30.6 Å². The number of rotatable bonds is 7. The molecule has 0 amide bonds. The van der Waals surface area contributed by atoms with Crippen LogP contribution in [0.15, 0.2) is 24.9 Å². The largest absolute Gasteiger partial charge is 0.370 e. The minimum absolute atomic E-state index is 0.488. The lowest BCUT2D eigenvalue weighted by atomic mass is 9.87. The fourth-order valence-electron chi connectivity index (χ4n) is 5.46. The molecule has 2 aliphatic carbocycles. The van der Waals surface area contributed by atoms with E-state index >= 15 is 0 Å². The molecule has 2 atom stereocenters. The van der Waals surface area contributed by atoms with E-state index in [1.807, 2.05) is 24.3 Å². The van der Waals surface area contributed by atoms with Crippen LogP contribution in [0.1, 0.15) is 70.5 Å². The highest BCUT2D eigenvalue weighted by molar-refractivity contribution is 5.88. The van der Waals surface area contributed by atoms with Crippen molar-refractivity contribution in [3.63, 3.8) is 0 Å². The lowest BCUT2D eigenvalue weighted by Gasteiger charge is -2.27. The Balaban J connectivity index is 1.39. The monoisotopic (exact) mass is 435 g/mol. The molecule has 0 bridgehead atoms. The Labute approximate surface area is 191 Å². The number of anilines is 2. The number of pyridine rings is 1. The third-order valence-electron chi connectivity index (χ3n) is 7.42. The van der Waals surface area contributed by atoms with E-state index in [-0.39, 0.29) is 0 Å². The average molecular weight is 436 g/mol. The van der Waals surface area contributed by atoms with E-state index < -0.39 is 0 Å². The van der Waals surface area contributed by atoms with Crippen LogP contribution >= 0.6 is 0 Å². The maximum atomic E-state index is 4.98. The molecular weight excluding hydrogens is 398 g/mol. The van der Waals surface area contributed by atoms with Gasteiger partial charge in [0.05, 0.1) is 23.9 Å². The van der Waals surface area contributed by atoms with Gasteiger partial charge >= 0.3 is 0 Å². The highest BCUT2D eigenvalue weighted by Gasteiger charge is 2.26. The summed E-state index contributed by atoms with van der Waals surface area (Å²) in [6.45, 7) is 5.54. The zero-order valence-electron chi connectivity index (χ0n) is 19.7. The van der Waals surface area contributed by atoms with Gasteiger partial charge in [-0.15, -0.1) is 0 Å². The van der Waals surface area contributed by atoms with Gasteiger partial charge in [0.1, 0.15) is 11.3 Å². The van der Waals surface area contributed by atoms with Crippen LogP contribution in [0, 0.1) is 11.8 Å². The van der Waals surface area contributed by atoms with Crippen molar-refractivity contribution < 1.29 is 0 Å². The van der Waals surface area contributed by atoms with Crippen LogP contribution < -0.4 is 10.6 Å². The topological polar surface area (TPSA) is 72.6 Å². The SMILES string of the molecule is CC1CCC(Nc2nc(NCCc3cn(C)cn3)cc3c2ncn3C2CC[C@@H](C)C2)CC1. The van der Waals surface area contributed by atoms with Crippen molar-refractivity contribution in [2.45, 2.75) is 77.3 Å². The lowest BCUT2D eigenvalue weighted by molar-refractivity contribution is 0.361. The normalized spacial score (nSPS) is 26.0. The summed E-state index contributed by atoms with van der Waals surface area (Å²) in [6.07, 6.45) is 15.6. The van der Waals surface area contributed by atoms with Crippen LogP contribution in [0.2, 0.25) is 0 Å². The molecule has 0 spiro atoms. The van der Waals surface area contributed by atoms with Gasteiger partial charge in [0.2, 0.25) is 0 Å². The van der Waals surface area contributed by atoms with Crippen LogP contribution in [0.4, 0.5) is 11.6 Å². The van der Waals surface area contributed by atoms with E-state index in [9.17, 15) is 0 Å². The molecule has 0 saturated heterocycles. The molecule has 7 nitrogen and oxygen atoms in total. The van der Waals surface area contributed by atoms with Crippen molar-refractivity contribution in [2.75, 3.05) is 17.2 Å². The third-order valence-corrected chi connectivity index (χ3v) is 7.42. The minimum Gasteiger partial charge on any atom is -0.370 e. The van der Waals surface area contributed by atoms with Gasteiger partial charge in [-0.2, -0.15) is 0 Å². The van der Waals surface area contributed by atoms with E-state index in [4.69, 9.17) is 9.97 Å². The molecule has 3 aromatic rings. The van der Waals surface area contributed by atoms with E-state index in [1.165, 1.54) is 50.5 Å². The van der Waals surface area contributed by atoms with Crippen molar-refractivity contribution in [3.8, 4) is 0 Å². The van der Waals surface area contributed by atoms with Gasteiger partial charge in [0.25, 0.3) is 0 Å². The maximum absolute atomic E-state index is 4.98. The molecule has 7 heteroatoms. The zero-order valence-corrected chi connectivity index (χ0v) is 19.7. The molecule has 2 saturated carbocycles. The molecule has 2 fully saturated rings. The van der Waals surface area contributed by atoms with Crippen molar-refractivity contribution >= 4 is 22.7 Å². The second kappa shape index (κ2) is 9.12. The Kier molecular flexibility index (Phi) is 6.07. The van der Waals surface area contributed by atoms with E-state index in [0.717, 1.165) is 47.6 Å². The molecule has 0 aliphatic heterocycles. The number of hydrogen-bond donors (Lipinski definition) is 2. The summed E-state index contributed by atoms with van der Waals surface area (Å²) in [5, 5.41) is 7.32. The van der Waals surface area contributed by atoms with Crippen LogP contribution in [-0.4, -0.2) is 36.7 Å². The molecule has 5 rings (SSSR count). The highest BCUT2D eigenvalue weighted by atomic mass is 15.1. The Morgan fingerprint density at radius 1 is 1.00 bits per heavy atom. The average Bonchev–Trinajstić information content (AvgIpc) is 3.50. The summed E-state index contributed by atoms with van der Waals surface area (Å²) in [4.78, 5) is 14.3. The second-order valence-electron chi connectivity index (χ2n) is 10.3. The first kappa shape index (κ1) is 21.3. The first-order valence-corrected chi connectivity index (χ1v) is 12.4. The number of hydrogen-bond acceptors (Lipinski definition) is 5. The number of nitrogens with zero attached hydrogens (tertiary/aromatic N) is 5. The maximum Gasteiger partial charge on any atom is 0.156 e. The number of fused-ring (bicyclic) bond motifs is 1. The summed E-state index contributed by atoms with van der Waals surface area (Å²) < 4.78 is 4.40. The number of aryl methyl sites for hydroxylation is 1. The van der Waals surface area contributed by atoms with Crippen LogP contribution in [0.25, 0.3) is 11.0 Å². The van der Waals surface area contributed by atoms with Crippen molar-refractivity contribution in [2.24, 2.45) is 18.9 Å². The van der Waals surface area contributed by atoms with Gasteiger partial charge in [-0.3, -0.25) is 0 Å². The van der Waals surface area contributed by atoms with Gasteiger partial charge in [-0.05, 0) is 56.8 Å². The Hall–Kier alpha value is -2.57. The summed E-state index contributed by atoms with van der Waals surface area (Å²) in [5.74, 6) is 3.49. The van der Waals surface area contributed by atoms with E-state index in [0.29, 0.717) is 12.1 Å². The van der Waals surface area contributed by atoms with Gasteiger partial charge < -0.3 is 19.8 Å². The molecule has 3 heterocycles. The van der Waals surface area contributed by atoms with E-state index in [1.54, 1.807) is 0 Å². The summed E-state index contributed by atoms with van der Waals surface area (Å²) in [7, 11) is 2.01. The molecule has 172 valence electrons. The number of aromatic nitrogens is 5. The van der Waals surface area contributed by atoms with Crippen LogP contribution in [-0.2, 0) is 13.5 Å². The first-order chi connectivity index (χ1) is 15.5. The smallest absolute Gasteiger partial charge is 0.156 e. The predicted octanol–water partition coefficient (Wildman–Crippen LogP) is 5.17. The quantitative estimate of drug-likeness (QED) is 0.535. The molecular formula is C25H37N7. The van der Waals surface area contributed by atoms with Gasteiger partial charge in [-0.1, -0.05) is 13.8 Å². The van der Waals surface area contributed by atoms with E-state index in [2.05, 4.69) is 46.3 Å². The lowest BCUT2D eigenvalue weighted by Crippen LogP contribution is -2.26. The highest BCUT2D eigenvalue weighted by Crippen LogP contribution is 2.37. The van der Waals surface area contributed by atoms with Crippen LogP contribution in [0.3, 0.4) is 0 Å². The summed E-state index contributed by atoms with van der Waals surface area (Å²) >= 11 is 0. The van der Waals surface area contributed by atoms with Gasteiger partial charge in [0, 0.05) is 44.4 Å². The number of imidazole rings is 2. The van der Waals surface area contributed by atoms with Crippen LogP contribution in [0.5, 0.6) is 0 Å². The van der Waals surface area contributed by atoms with Gasteiger partial charge in [0.15, 0.2) is 5.82 Å². The third kappa shape index (κ3) is 4.62. The number of nitrogens with one attached hydrogen (secondary N) is 2. The summed E-state index contributed by atoms with van der Waals surface area (Å²) in [5.41, 5.74) is 3.31. The van der Waals surface area contributed by atoms with Gasteiger partial charge in [-0.25, -0.2) is 15.0 Å². The molecule has 2 N–H and O–H groups in total. The fraction of sp³-hybridized carbons (Fsp3) is 0.640. The first-order valence-electron chi connectivity index (χ1n) is 12.4. The molecule has 32 heavy (non-hydrogen) atoms. The second-order valence-corrected chi connectivity index (χ2v) is 10.3. The van der Waals surface area contributed by atoms with Crippen molar-refractivity contribution in [1.29, 1.82) is 0 Å². The molecule has 0 radical (unpaired) electrons. The molecule has 0 aromatic carbocycles. The minimum atomic E-state index is 0.488. The standard InChI is InChI=1S/C25H37N7/c1-17-4-7-19(8-5-17)29-25-24-22(32(16-28-24)21-9-6-18(2)12-21)13-23(30-25)26-11-10-20-14-31(3)15-27-20/h13-19,21H,4-12H2,1-3H3,(H2,26,29,30)/t17?,18-,19?,21?/m1/s1. The Morgan fingerprint density at radius 3 is 2.53 bits per heavy atom. The predicted molar refractivity (Wildman–Crippen MR) is 130 cm³/mol. The van der Waals surface area contributed by atoms with Crippen molar-refractivity contribution in [1.82, 2.24) is 24.1 Å². The summed E-state index contributed by atoms with van der Waals surface area (Å²) in [6, 6.07) is 3.22. The Bertz CT molecular complexity index is 1040. The Morgan fingerprint density at radius 2 is 1.81 bits per heavy atom. The molecule has 3 aromatic heterocycles. The fourth-order valence-corrected chi connectivity index (χ4v) is 5.46.